The molecule has 0 aromatic rings. The van der Waals surface area contributed by atoms with Crippen molar-refractivity contribution in [2.45, 2.75) is 389 Å². The molecular weight excluding hydrogens is 1000 g/mol. The summed E-state index contributed by atoms with van der Waals surface area (Å²) in [4.78, 5) is 13.2. The average molecular weight is 1130 g/mol. The molecule has 0 aromatic heterocycles. The van der Waals surface area contributed by atoms with Crippen LogP contribution in [0.2, 0.25) is 0 Å². The van der Waals surface area contributed by atoms with Gasteiger partial charge in [0.05, 0.1) is 32.0 Å². The fourth-order valence-electron chi connectivity index (χ4n) is 11.7. The summed E-state index contributed by atoms with van der Waals surface area (Å²) in [5.41, 5.74) is 0. The molecule has 2 fully saturated rings. The van der Waals surface area contributed by atoms with E-state index in [2.05, 4.69) is 19.2 Å². The standard InChI is InChI=1S/C65H127NO13/c1-3-5-7-9-11-12-13-14-15-16-17-18-19-20-21-22-23-24-25-26-27-28-29-30-31-32-33-34-35-36-37-38-39-40-41-42-43-45-47-49-57(70)66-53(54(69)48-46-44-10-8-6-4-2)52-76-64-62(75)60(73)63(56(51-68)78-64)79-65-61(74)59(72)58(71)55(50-67)77-65/h53-56,58-65,67-69,71-75H,3-52H2,1-2H3,(H,66,70). The largest absolute Gasteiger partial charge is 0.394 e. The van der Waals surface area contributed by atoms with Gasteiger partial charge in [0.15, 0.2) is 12.6 Å². The van der Waals surface area contributed by atoms with E-state index < -0.39 is 86.8 Å². The van der Waals surface area contributed by atoms with Gasteiger partial charge in [0, 0.05) is 6.42 Å². The number of amides is 1. The molecule has 79 heavy (non-hydrogen) atoms. The lowest BCUT2D eigenvalue weighted by Crippen LogP contribution is -2.65. The van der Waals surface area contributed by atoms with Crippen molar-refractivity contribution in [1.29, 1.82) is 0 Å². The Labute approximate surface area is 483 Å². The molecule has 0 bridgehead atoms. The van der Waals surface area contributed by atoms with Crippen LogP contribution in [0.15, 0.2) is 0 Å². The first-order valence-electron chi connectivity index (χ1n) is 33.8. The lowest BCUT2D eigenvalue weighted by atomic mass is 9.97. The first kappa shape index (κ1) is 74.1. The van der Waals surface area contributed by atoms with E-state index in [1.807, 2.05) is 0 Å². The van der Waals surface area contributed by atoms with Gasteiger partial charge in [0.25, 0.3) is 0 Å². The second kappa shape index (κ2) is 51.4. The minimum Gasteiger partial charge on any atom is -0.394 e. The van der Waals surface area contributed by atoms with Crippen molar-refractivity contribution in [3.63, 3.8) is 0 Å². The van der Waals surface area contributed by atoms with Crippen LogP contribution in [-0.4, -0.2) is 140 Å². The Balaban J connectivity index is 1.45. The quantitative estimate of drug-likeness (QED) is 0.0259. The monoisotopic (exact) mass is 1130 g/mol. The summed E-state index contributed by atoms with van der Waals surface area (Å²) >= 11 is 0. The Hall–Kier alpha value is -1.01. The third-order valence-electron chi connectivity index (χ3n) is 17.1. The Morgan fingerprint density at radius 3 is 1.08 bits per heavy atom. The van der Waals surface area contributed by atoms with E-state index in [1.165, 1.54) is 225 Å². The number of aliphatic hydroxyl groups is 8. The summed E-state index contributed by atoms with van der Waals surface area (Å²) in [6, 6.07) is -0.820. The smallest absolute Gasteiger partial charge is 0.220 e. The number of hydrogen-bond acceptors (Lipinski definition) is 13. The molecule has 2 aliphatic heterocycles. The first-order valence-corrected chi connectivity index (χ1v) is 33.8. The molecule has 14 nitrogen and oxygen atoms in total. The van der Waals surface area contributed by atoms with Crippen LogP contribution >= 0.6 is 0 Å². The fourth-order valence-corrected chi connectivity index (χ4v) is 11.7. The zero-order valence-electron chi connectivity index (χ0n) is 50.9. The molecule has 0 radical (unpaired) electrons. The molecular formula is C65H127NO13. The van der Waals surface area contributed by atoms with Crippen LogP contribution in [0.1, 0.15) is 316 Å². The van der Waals surface area contributed by atoms with E-state index in [1.54, 1.807) is 0 Å². The maximum absolute atomic E-state index is 13.2. The van der Waals surface area contributed by atoms with Gasteiger partial charge in [-0.2, -0.15) is 0 Å². The number of rotatable bonds is 56. The number of ether oxygens (including phenoxy) is 4. The highest BCUT2D eigenvalue weighted by Gasteiger charge is 2.51. The van der Waals surface area contributed by atoms with Crippen molar-refractivity contribution in [3.8, 4) is 0 Å². The lowest BCUT2D eigenvalue weighted by Gasteiger charge is -2.46. The minimum atomic E-state index is -1.78. The van der Waals surface area contributed by atoms with Crippen LogP contribution < -0.4 is 5.32 Å². The van der Waals surface area contributed by atoms with Gasteiger partial charge in [-0.15, -0.1) is 0 Å². The van der Waals surface area contributed by atoms with Crippen molar-refractivity contribution in [3.05, 3.63) is 0 Å². The molecule has 1 amide bonds. The summed E-state index contributed by atoms with van der Waals surface area (Å²) in [6.45, 7) is 2.82. The Morgan fingerprint density at radius 2 is 0.722 bits per heavy atom. The van der Waals surface area contributed by atoms with Crippen molar-refractivity contribution in [2.75, 3.05) is 19.8 Å². The van der Waals surface area contributed by atoms with Gasteiger partial charge >= 0.3 is 0 Å². The van der Waals surface area contributed by atoms with Gasteiger partial charge in [-0.25, -0.2) is 0 Å². The van der Waals surface area contributed by atoms with Crippen molar-refractivity contribution in [1.82, 2.24) is 5.32 Å². The molecule has 12 atom stereocenters. The van der Waals surface area contributed by atoms with Crippen molar-refractivity contribution < 1.29 is 64.6 Å². The summed E-state index contributed by atoms with van der Waals surface area (Å²) in [5.74, 6) is -0.205. The summed E-state index contributed by atoms with van der Waals surface area (Å²) in [6.07, 6.45) is 43.7. The van der Waals surface area contributed by atoms with Crippen LogP contribution in [0.25, 0.3) is 0 Å². The van der Waals surface area contributed by atoms with E-state index in [9.17, 15) is 45.6 Å². The fraction of sp³-hybridized carbons (Fsp3) is 0.985. The molecule has 0 aliphatic carbocycles. The van der Waals surface area contributed by atoms with Crippen molar-refractivity contribution >= 4 is 5.91 Å². The second-order valence-corrected chi connectivity index (χ2v) is 24.3. The van der Waals surface area contributed by atoms with Gasteiger partial charge < -0.3 is 65.1 Å². The molecule has 0 spiro atoms. The first-order chi connectivity index (χ1) is 38.6. The molecule has 2 saturated heterocycles. The molecule has 2 rings (SSSR count). The van der Waals surface area contributed by atoms with E-state index in [-0.39, 0.29) is 12.5 Å². The third kappa shape index (κ3) is 36.4. The zero-order valence-corrected chi connectivity index (χ0v) is 50.9. The summed E-state index contributed by atoms with van der Waals surface area (Å²) in [7, 11) is 0. The van der Waals surface area contributed by atoms with Crippen LogP contribution in [0.4, 0.5) is 0 Å². The maximum Gasteiger partial charge on any atom is 0.220 e. The Bertz CT molecular complexity index is 1330. The lowest BCUT2D eigenvalue weighted by molar-refractivity contribution is -0.359. The second-order valence-electron chi connectivity index (χ2n) is 24.3. The predicted molar refractivity (Wildman–Crippen MR) is 319 cm³/mol. The topological polar surface area (TPSA) is 228 Å². The number of unbranched alkanes of at least 4 members (excludes halogenated alkanes) is 43. The van der Waals surface area contributed by atoms with Crippen LogP contribution in [-0.2, 0) is 23.7 Å². The summed E-state index contributed by atoms with van der Waals surface area (Å²) < 4.78 is 22.7. The summed E-state index contributed by atoms with van der Waals surface area (Å²) in [5, 5.41) is 86.8. The number of nitrogens with one attached hydrogen (secondary N) is 1. The number of aliphatic hydroxyl groups excluding tert-OH is 8. The van der Waals surface area contributed by atoms with Crippen LogP contribution in [0.3, 0.4) is 0 Å². The van der Waals surface area contributed by atoms with Crippen LogP contribution in [0, 0.1) is 0 Å². The van der Waals surface area contributed by atoms with Crippen LogP contribution in [0.5, 0.6) is 0 Å². The predicted octanol–water partition coefficient (Wildman–Crippen LogP) is 12.8. The molecule has 2 heterocycles. The zero-order chi connectivity index (χ0) is 57.4. The molecule has 470 valence electrons. The van der Waals surface area contributed by atoms with Crippen molar-refractivity contribution in [2.24, 2.45) is 0 Å². The van der Waals surface area contributed by atoms with Gasteiger partial charge in [-0.05, 0) is 12.8 Å². The highest BCUT2D eigenvalue weighted by atomic mass is 16.7. The molecule has 12 unspecified atom stereocenters. The van der Waals surface area contributed by atoms with E-state index in [0.717, 1.165) is 64.2 Å². The van der Waals surface area contributed by atoms with Gasteiger partial charge in [-0.1, -0.05) is 296 Å². The van der Waals surface area contributed by atoms with Gasteiger partial charge in [0.1, 0.15) is 48.8 Å². The number of carbonyl (C=O) groups is 1. The third-order valence-corrected chi connectivity index (χ3v) is 17.1. The maximum atomic E-state index is 13.2. The molecule has 0 aromatic carbocycles. The molecule has 2 aliphatic rings. The molecule has 9 N–H and O–H groups in total. The molecule has 0 saturated carbocycles. The Kier molecular flexibility index (Phi) is 48.2. The number of hydrogen-bond donors (Lipinski definition) is 9. The normalized spacial score (nSPS) is 24.3. The molecule has 14 heteroatoms. The average Bonchev–Trinajstić information content (AvgIpc) is 3.47. The number of carbonyl (C=O) groups excluding carboxylic acids is 1. The van der Waals surface area contributed by atoms with E-state index >= 15 is 0 Å². The van der Waals surface area contributed by atoms with Gasteiger partial charge in [0.2, 0.25) is 5.91 Å². The SMILES string of the molecule is CCCCCCCCCCCCCCCCCCCCCCCCCCCCCCCCCCCCCCCCCC(=O)NC(COC1OC(CO)C(OC2OC(CO)C(O)C(O)C2O)C(O)C1O)C(O)CCCCCCCC. The minimum absolute atomic E-state index is 0.205. The highest BCUT2D eigenvalue weighted by molar-refractivity contribution is 5.76. The van der Waals surface area contributed by atoms with E-state index in [0.29, 0.717) is 12.8 Å². The highest BCUT2D eigenvalue weighted by Crippen LogP contribution is 2.30. The van der Waals surface area contributed by atoms with Gasteiger partial charge in [-0.3, -0.25) is 4.79 Å². The van der Waals surface area contributed by atoms with E-state index in [4.69, 9.17) is 18.9 Å². The Morgan fingerprint density at radius 1 is 0.405 bits per heavy atom.